The molecular weight excluding hydrogens is 552 g/mol. The van der Waals surface area contributed by atoms with Crippen molar-refractivity contribution in [3.63, 3.8) is 0 Å². The van der Waals surface area contributed by atoms with Crippen LogP contribution in [0, 0.1) is 22.0 Å². The van der Waals surface area contributed by atoms with E-state index in [2.05, 4.69) is 4.98 Å². The Morgan fingerprint density at radius 3 is 2.62 bits per heavy atom. The lowest BCUT2D eigenvalue weighted by Gasteiger charge is -2.46. The second kappa shape index (κ2) is 9.82. The molecule has 13 nitrogen and oxygen atoms in total. The summed E-state index contributed by atoms with van der Waals surface area (Å²) in [5, 5.41) is 30.1. The number of imidazole rings is 1. The van der Waals surface area contributed by atoms with E-state index in [0.717, 1.165) is 11.3 Å². The first-order chi connectivity index (χ1) is 18.5. The highest BCUT2D eigenvalue weighted by molar-refractivity contribution is 7.91. The van der Waals surface area contributed by atoms with Gasteiger partial charge in [0.1, 0.15) is 23.5 Å². The summed E-state index contributed by atoms with van der Waals surface area (Å²) >= 11 is 1.08. The number of thiazole rings is 1. The van der Waals surface area contributed by atoms with Crippen LogP contribution in [0.3, 0.4) is 0 Å². The third-order valence-electron chi connectivity index (χ3n) is 6.98. The third kappa shape index (κ3) is 4.40. The largest absolute Gasteiger partial charge is 0.456 e. The monoisotopic (exact) mass is 576 g/mol. The standard InChI is InChI=1S/C24H24N4O9S2/c1-12-17(16-9-26-11-25-21(23(26)38-16)39(35,36)8-7-29)20(27-19(12)18(13(2)30)22(27)31)24(32)37-10-14-3-5-15(6-4-14)28(33)34/h3-6,9,11-13,18-19,29-30H,7-8,10H2,1-2H3/t12-,13+,18+,19+/m0/s1. The molecule has 0 aliphatic carbocycles. The summed E-state index contributed by atoms with van der Waals surface area (Å²) < 4.78 is 32.2. The molecule has 4 atom stereocenters. The molecule has 3 aromatic rings. The Balaban J connectivity index is 1.53. The van der Waals surface area contributed by atoms with Crippen LogP contribution in [-0.4, -0.2) is 74.2 Å². The summed E-state index contributed by atoms with van der Waals surface area (Å²) in [5.41, 5.74) is 0.880. The van der Waals surface area contributed by atoms with Crippen molar-refractivity contribution in [1.82, 2.24) is 14.3 Å². The predicted octanol–water partition coefficient (Wildman–Crippen LogP) is 1.38. The molecule has 0 unspecified atom stereocenters. The summed E-state index contributed by atoms with van der Waals surface area (Å²) in [4.78, 5) is 42.9. The van der Waals surface area contributed by atoms with Gasteiger partial charge in [-0.1, -0.05) is 6.92 Å². The predicted molar refractivity (Wildman–Crippen MR) is 137 cm³/mol. The SMILES string of the molecule is C[C@@H](O)[C@H]1C(=O)N2C(C(=O)OCc3ccc([N+](=O)[O-])cc3)=C(c3cn4cnc(S(=O)(=O)CCO)c4s3)[C@H](C)[C@H]12. The fourth-order valence-electron chi connectivity index (χ4n) is 5.15. The van der Waals surface area contributed by atoms with E-state index in [4.69, 9.17) is 9.84 Å². The number of hydrogen-bond acceptors (Lipinski definition) is 11. The first-order valence-electron chi connectivity index (χ1n) is 11.9. The van der Waals surface area contributed by atoms with Gasteiger partial charge >= 0.3 is 5.97 Å². The van der Waals surface area contributed by atoms with Gasteiger partial charge in [-0.2, -0.15) is 0 Å². The van der Waals surface area contributed by atoms with Gasteiger partial charge in [0.05, 0.1) is 40.2 Å². The Labute approximate surface area is 226 Å². The van der Waals surface area contributed by atoms with E-state index in [9.17, 15) is 33.2 Å². The van der Waals surface area contributed by atoms with Crippen molar-refractivity contribution in [3.8, 4) is 0 Å². The molecule has 39 heavy (non-hydrogen) atoms. The highest BCUT2D eigenvalue weighted by Gasteiger charge is 2.60. The van der Waals surface area contributed by atoms with Crippen molar-refractivity contribution in [3.05, 3.63) is 63.0 Å². The summed E-state index contributed by atoms with van der Waals surface area (Å²) in [6.45, 7) is 2.57. The van der Waals surface area contributed by atoms with Crippen LogP contribution in [0.5, 0.6) is 0 Å². The van der Waals surface area contributed by atoms with Gasteiger partial charge < -0.3 is 19.8 Å². The summed E-state index contributed by atoms with van der Waals surface area (Å²) in [7, 11) is -3.85. The quantitative estimate of drug-likeness (QED) is 0.163. The number of aromatic nitrogens is 2. The number of rotatable bonds is 9. The Morgan fingerprint density at radius 1 is 1.31 bits per heavy atom. The molecule has 0 saturated carbocycles. The number of esters is 1. The molecule has 2 aromatic heterocycles. The molecule has 15 heteroatoms. The number of nitrogens with zero attached hydrogens (tertiary/aromatic N) is 4. The van der Waals surface area contributed by atoms with Crippen molar-refractivity contribution in [2.45, 2.75) is 37.6 Å². The number of hydrogen-bond donors (Lipinski definition) is 2. The van der Waals surface area contributed by atoms with E-state index in [-0.39, 0.29) is 23.0 Å². The molecule has 1 aromatic carbocycles. The van der Waals surface area contributed by atoms with Crippen LogP contribution < -0.4 is 0 Å². The number of non-ortho nitro benzene ring substituents is 1. The lowest BCUT2D eigenvalue weighted by molar-refractivity contribution is -0.384. The maximum absolute atomic E-state index is 13.4. The van der Waals surface area contributed by atoms with Gasteiger partial charge in [-0.05, 0) is 24.6 Å². The van der Waals surface area contributed by atoms with Crippen LogP contribution in [0.1, 0.15) is 24.3 Å². The fraction of sp³-hybridized carbons (Fsp3) is 0.375. The van der Waals surface area contributed by atoms with Crippen molar-refractivity contribution in [1.29, 1.82) is 0 Å². The molecule has 1 saturated heterocycles. The zero-order valence-electron chi connectivity index (χ0n) is 20.8. The molecular formula is C24H24N4O9S2. The highest BCUT2D eigenvalue weighted by Crippen LogP contribution is 2.52. The van der Waals surface area contributed by atoms with Gasteiger partial charge in [0.25, 0.3) is 5.69 Å². The molecule has 2 aliphatic heterocycles. The number of ether oxygens (including phenoxy) is 1. The minimum atomic E-state index is -3.85. The molecule has 0 bridgehead atoms. The molecule has 206 valence electrons. The van der Waals surface area contributed by atoms with E-state index < -0.39 is 63.0 Å². The number of sulfone groups is 1. The number of nitro benzene ring substituents is 1. The van der Waals surface area contributed by atoms with Crippen molar-refractivity contribution in [2.24, 2.45) is 11.8 Å². The second-order valence-corrected chi connectivity index (χ2v) is 12.5. The number of nitro groups is 1. The van der Waals surface area contributed by atoms with Gasteiger partial charge in [0.2, 0.25) is 15.7 Å². The minimum absolute atomic E-state index is 0.00791. The Hall–Kier alpha value is -3.66. The van der Waals surface area contributed by atoms with Crippen molar-refractivity contribution in [2.75, 3.05) is 12.4 Å². The maximum atomic E-state index is 13.4. The number of fused-ring (bicyclic) bond motifs is 2. The molecule has 2 aliphatic rings. The van der Waals surface area contributed by atoms with E-state index in [1.54, 1.807) is 6.20 Å². The molecule has 0 radical (unpaired) electrons. The molecule has 4 heterocycles. The summed E-state index contributed by atoms with van der Waals surface area (Å²) in [5.74, 6) is -2.82. The van der Waals surface area contributed by atoms with Gasteiger partial charge in [0.15, 0.2) is 5.03 Å². The zero-order valence-corrected chi connectivity index (χ0v) is 22.4. The number of aliphatic hydroxyl groups excluding tert-OH is 2. The Bertz CT molecular complexity index is 1620. The van der Waals surface area contributed by atoms with Gasteiger partial charge in [-0.15, -0.1) is 11.3 Å². The average Bonchev–Trinajstić information content (AvgIpc) is 3.52. The fourth-order valence-corrected chi connectivity index (χ4v) is 7.78. The first kappa shape index (κ1) is 26.9. The number of carbonyl (C=O) groups is 2. The Morgan fingerprint density at radius 2 is 2.00 bits per heavy atom. The number of carbonyl (C=O) groups excluding carboxylic acids is 2. The van der Waals surface area contributed by atoms with Crippen LogP contribution in [0.2, 0.25) is 0 Å². The number of aliphatic hydroxyl groups is 2. The van der Waals surface area contributed by atoms with E-state index >= 15 is 0 Å². The van der Waals surface area contributed by atoms with Crippen molar-refractivity contribution < 1.29 is 37.9 Å². The molecule has 1 amide bonds. The van der Waals surface area contributed by atoms with Crippen LogP contribution in [0.25, 0.3) is 10.4 Å². The number of amides is 1. The zero-order chi connectivity index (χ0) is 28.2. The lowest BCUT2D eigenvalue weighted by atomic mass is 9.77. The Kier molecular flexibility index (Phi) is 6.78. The summed E-state index contributed by atoms with van der Waals surface area (Å²) in [6.07, 6.45) is 2.00. The molecule has 0 spiro atoms. The van der Waals surface area contributed by atoms with Gasteiger partial charge in [-0.25, -0.2) is 18.2 Å². The van der Waals surface area contributed by atoms with E-state index in [1.807, 2.05) is 6.92 Å². The van der Waals surface area contributed by atoms with Crippen LogP contribution in [0.15, 0.2) is 47.5 Å². The van der Waals surface area contributed by atoms with Gasteiger partial charge in [0, 0.05) is 29.8 Å². The smallest absolute Gasteiger partial charge is 0.355 e. The average molecular weight is 577 g/mol. The second-order valence-electron chi connectivity index (χ2n) is 9.42. The van der Waals surface area contributed by atoms with Crippen LogP contribution in [0.4, 0.5) is 5.69 Å². The van der Waals surface area contributed by atoms with Gasteiger partial charge in [-0.3, -0.25) is 19.3 Å². The molecule has 5 rings (SSSR count). The highest BCUT2D eigenvalue weighted by atomic mass is 32.2. The molecule has 2 N–H and O–H groups in total. The van der Waals surface area contributed by atoms with Crippen LogP contribution in [-0.2, 0) is 30.8 Å². The topological polar surface area (TPSA) is 182 Å². The van der Waals surface area contributed by atoms with E-state index in [1.165, 1.54) is 46.8 Å². The van der Waals surface area contributed by atoms with E-state index in [0.29, 0.717) is 20.8 Å². The lowest BCUT2D eigenvalue weighted by Crippen LogP contribution is -2.63. The number of β-lactam (4-membered cyclic amide) rings is 1. The van der Waals surface area contributed by atoms with Crippen molar-refractivity contribution >= 4 is 49.1 Å². The maximum Gasteiger partial charge on any atom is 0.355 e. The normalized spacial score (nSPS) is 21.7. The number of benzene rings is 1. The van der Waals surface area contributed by atoms with Crippen LogP contribution >= 0.6 is 11.3 Å². The first-order valence-corrected chi connectivity index (χ1v) is 14.4. The third-order valence-corrected chi connectivity index (χ3v) is 9.86. The summed E-state index contributed by atoms with van der Waals surface area (Å²) in [6, 6.07) is 5.01. The minimum Gasteiger partial charge on any atom is -0.456 e. The molecule has 1 fully saturated rings.